The van der Waals surface area contributed by atoms with Gasteiger partial charge in [0.05, 0.1) is 0 Å². The minimum absolute atomic E-state index is 0.0496. The smallest absolute Gasteiger partial charge is 0.0273 e. The van der Waals surface area contributed by atoms with Crippen molar-refractivity contribution in [1.29, 1.82) is 0 Å². The third-order valence-corrected chi connectivity index (χ3v) is 9.88. The molecule has 0 saturated heterocycles. The fourth-order valence-electron chi connectivity index (χ4n) is 6.94. The Balaban J connectivity index is 1.43. The summed E-state index contributed by atoms with van der Waals surface area (Å²) in [6.45, 7) is 6.95. The number of thiol groups is 1. The van der Waals surface area contributed by atoms with Crippen molar-refractivity contribution in [2.24, 2.45) is 0 Å². The zero-order chi connectivity index (χ0) is 31.9. The van der Waals surface area contributed by atoms with Gasteiger partial charge in [-0.3, -0.25) is 9.97 Å². The number of pyridine rings is 2. The first-order chi connectivity index (χ1) is 22.5. The lowest BCUT2D eigenvalue weighted by Crippen LogP contribution is -2.20. The first-order valence-electron chi connectivity index (χ1n) is 16.8. The van der Waals surface area contributed by atoms with E-state index in [0.29, 0.717) is 0 Å². The van der Waals surface area contributed by atoms with Gasteiger partial charge in [0, 0.05) is 35.1 Å². The van der Waals surface area contributed by atoms with Gasteiger partial charge in [0.2, 0.25) is 0 Å². The molecule has 1 unspecified atom stereocenters. The quantitative estimate of drug-likeness (QED) is 0.111. The van der Waals surface area contributed by atoms with E-state index in [9.17, 15) is 0 Å². The molecule has 5 aromatic rings. The van der Waals surface area contributed by atoms with E-state index in [4.69, 9.17) is 12.6 Å². The summed E-state index contributed by atoms with van der Waals surface area (Å²) >= 11 is 4.78. The molecule has 3 heteroatoms. The Morgan fingerprint density at radius 2 is 1.20 bits per heavy atom. The Hall–Kier alpha value is -4.21. The highest BCUT2D eigenvalue weighted by molar-refractivity contribution is 7.80. The Kier molecular flexibility index (Phi) is 10.00. The topological polar surface area (TPSA) is 25.8 Å². The van der Waals surface area contributed by atoms with E-state index in [2.05, 4.69) is 104 Å². The number of nitrogens with zero attached hydrogens (tertiary/aromatic N) is 2. The predicted octanol–water partition coefficient (Wildman–Crippen LogP) is 12.1. The molecule has 0 amide bonds. The number of rotatable bonds is 12. The van der Waals surface area contributed by atoms with Crippen molar-refractivity contribution in [2.75, 3.05) is 0 Å². The maximum Gasteiger partial charge on any atom is 0.0273 e. The zero-order valence-corrected chi connectivity index (χ0v) is 28.2. The van der Waals surface area contributed by atoms with Crippen LogP contribution in [0, 0.1) is 6.92 Å². The molecule has 3 aromatic carbocycles. The van der Waals surface area contributed by atoms with Gasteiger partial charge in [-0.2, -0.15) is 0 Å². The molecule has 0 spiro atoms. The van der Waals surface area contributed by atoms with E-state index in [1.165, 1.54) is 88.6 Å². The molecule has 1 aliphatic rings. The molecule has 2 heterocycles. The first-order valence-corrected chi connectivity index (χ1v) is 17.2. The molecule has 232 valence electrons. The largest absolute Gasteiger partial charge is 0.265 e. The summed E-state index contributed by atoms with van der Waals surface area (Å²) in [5, 5.41) is 0. The second kappa shape index (κ2) is 14.5. The van der Waals surface area contributed by atoms with E-state index in [1.54, 1.807) is 0 Å². The summed E-state index contributed by atoms with van der Waals surface area (Å²) in [6, 6.07) is 26.7. The van der Waals surface area contributed by atoms with E-state index < -0.39 is 0 Å². The van der Waals surface area contributed by atoms with Crippen molar-refractivity contribution in [1.82, 2.24) is 9.97 Å². The van der Waals surface area contributed by atoms with Crippen LogP contribution in [-0.4, -0.2) is 9.97 Å². The van der Waals surface area contributed by atoms with Crippen LogP contribution in [0.2, 0.25) is 0 Å². The van der Waals surface area contributed by atoms with Crippen LogP contribution in [0.3, 0.4) is 0 Å². The minimum Gasteiger partial charge on any atom is -0.265 e. The molecule has 0 N–H and O–H groups in total. The van der Waals surface area contributed by atoms with E-state index in [-0.39, 0.29) is 5.41 Å². The monoisotopic (exact) mass is 620 g/mol. The maximum atomic E-state index is 4.78. The van der Waals surface area contributed by atoms with Gasteiger partial charge < -0.3 is 0 Å². The lowest BCUT2D eigenvalue weighted by molar-refractivity contribution is 0.480. The molecule has 1 atom stereocenters. The first kappa shape index (κ1) is 31.8. The second-order valence-electron chi connectivity index (χ2n) is 12.9. The summed E-state index contributed by atoms with van der Waals surface area (Å²) in [5.41, 5.74) is 14.0. The summed E-state index contributed by atoms with van der Waals surface area (Å²) < 4.78 is 0. The number of aromatic nitrogens is 2. The van der Waals surface area contributed by atoms with Gasteiger partial charge in [0.1, 0.15) is 0 Å². The van der Waals surface area contributed by atoms with Crippen LogP contribution in [0.25, 0.3) is 46.6 Å². The molecular weight excluding hydrogens is 577 g/mol. The van der Waals surface area contributed by atoms with Crippen molar-refractivity contribution in [3.05, 3.63) is 137 Å². The molecule has 0 bridgehead atoms. The van der Waals surface area contributed by atoms with Crippen molar-refractivity contribution in [2.45, 2.75) is 76.0 Å². The van der Waals surface area contributed by atoms with Crippen molar-refractivity contribution in [3.63, 3.8) is 0 Å². The Morgan fingerprint density at radius 1 is 0.609 bits per heavy atom. The SMILES string of the molecule is CCCCCCCCC1(C)c2cc(S)ccc2-c2ccc(-c3cc(C=Cc4ccncc4)c(C)cc3C=Cc3ccncc3)cc21. The molecule has 0 fully saturated rings. The number of hydrogen-bond acceptors (Lipinski definition) is 3. The number of fused-ring (bicyclic) bond motifs is 3. The van der Waals surface area contributed by atoms with Crippen LogP contribution >= 0.6 is 12.6 Å². The van der Waals surface area contributed by atoms with Crippen molar-refractivity contribution in [3.8, 4) is 22.3 Å². The predicted molar refractivity (Wildman–Crippen MR) is 200 cm³/mol. The molecular formula is C43H44N2S. The van der Waals surface area contributed by atoms with Gasteiger partial charge in [0.15, 0.2) is 0 Å². The Labute approximate surface area is 280 Å². The van der Waals surface area contributed by atoms with Gasteiger partial charge in [-0.05, 0) is 123 Å². The number of hydrogen-bond donors (Lipinski definition) is 1. The van der Waals surface area contributed by atoms with Crippen LogP contribution in [0.4, 0.5) is 0 Å². The summed E-state index contributed by atoms with van der Waals surface area (Å²) in [5.74, 6) is 0. The molecule has 6 rings (SSSR count). The lowest BCUT2D eigenvalue weighted by atomic mass is 9.75. The van der Waals surface area contributed by atoms with Gasteiger partial charge in [-0.25, -0.2) is 0 Å². The molecule has 0 aliphatic heterocycles. The number of unbranched alkanes of at least 4 members (excludes halogenated alkanes) is 5. The van der Waals surface area contributed by atoms with Crippen LogP contribution in [0.15, 0.2) is 102 Å². The third kappa shape index (κ3) is 6.95. The maximum absolute atomic E-state index is 4.78. The second-order valence-corrected chi connectivity index (χ2v) is 13.4. The van der Waals surface area contributed by atoms with E-state index >= 15 is 0 Å². The molecule has 2 nitrogen and oxygen atoms in total. The van der Waals surface area contributed by atoms with Gasteiger partial charge in [-0.1, -0.05) is 101 Å². The average molecular weight is 621 g/mol. The number of benzene rings is 3. The third-order valence-electron chi connectivity index (χ3n) is 9.60. The minimum atomic E-state index is -0.0496. The molecule has 1 aliphatic carbocycles. The summed E-state index contributed by atoms with van der Waals surface area (Å²) in [4.78, 5) is 9.41. The van der Waals surface area contributed by atoms with Crippen molar-refractivity contribution < 1.29 is 0 Å². The van der Waals surface area contributed by atoms with Gasteiger partial charge >= 0.3 is 0 Å². The van der Waals surface area contributed by atoms with Crippen LogP contribution in [-0.2, 0) is 5.41 Å². The fraction of sp³-hybridized carbons (Fsp3) is 0.256. The van der Waals surface area contributed by atoms with E-state index in [0.717, 1.165) is 22.4 Å². The highest BCUT2D eigenvalue weighted by Gasteiger charge is 2.39. The standard InChI is InChI=1S/C43H44N2S/c1-4-5-6-7-8-9-22-43(3)41-29-36(14-16-38(41)39-17-15-37(46)30-42(39)43)40-28-34(12-10-32-18-23-44-24-19-32)31(2)27-35(40)13-11-33-20-25-45-26-21-33/h10-21,23-30,46H,4-9,22H2,1-3H3. The van der Waals surface area contributed by atoms with Crippen LogP contribution in [0.5, 0.6) is 0 Å². The fourth-order valence-corrected chi connectivity index (χ4v) is 7.14. The lowest BCUT2D eigenvalue weighted by Gasteiger charge is -2.28. The number of aryl methyl sites for hydroxylation is 1. The average Bonchev–Trinajstić information content (AvgIpc) is 3.32. The molecule has 2 aromatic heterocycles. The molecule has 0 saturated carbocycles. The Morgan fingerprint density at radius 3 is 1.87 bits per heavy atom. The van der Waals surface area contributed by atoms with Gasteiger partial charge in [-0.15, -0.1) is 12.6 Å². The Bertz CT molecular complexity index is 1860. The normalized spacial score (nSPS) is 15.5. The van der Waals surface area contributed by atoms with Crippen LogP contribution < -0.4 is 0 Å². The van der Waals surface area contributed by atoms with Crippen LogP contribution in [0.1, 0.15) is 97.7 Å². The van der Waals surface area contributed by atoms with Crippen molar-refractivity contribution >= 4 is 36.9 Å². The highest BCUT2D eigenvalue weighted by Crippen LogP contribution is 2.53. The molecule has 46 heavy (non-hydrogen) atoms. The van der Waals surface area contributed by atoms with E-state index in [1.807, 2.05) is 49.1 Å². The molecule has 0 radical (unpaired) electrons. The zero-order valence-electron chi connectivity index (χ0n) is 27.3. The summed E-state index contributed by atoms with van der Waals surface area (Å²) in [7, 11) is 0. The summed E-state index contributed by atoms with van der Waals surface area (Å²) in [6.07, 6.45) is 25.1. The van der Waals surface area contributed by atoms with Gasteiger partial charge in [0.25, 0.3) is 0 Å². The highest BCUT2D eigenvalue weighted by atomic mass is 32.1.